The molecule has 1 amide bonds. The predicted molar refractivity (Wildman–Crippen MR) is 82.8 cm³/mol. The number of hydrogen-bond donors (Lipinski definition) is 1. The van der Waals surface area contributed by atoms with E-state index >= 15 is 0 Å². The molecule has 2 aliphatic rings. The highest BCUT2D eigenvalue weighted by Gasteiger charge is 2.39. The van der Waals surface area contributed by atoms with Crippen LogP contribution < -0.4 is 10.2 Å². The molecule has 0 bridgehead atoms. The average molecular weight is 303 g/mol. The van der Waals surface area contributed by atoms with Gasteiger partial charge in [-0.3, -0.25) is 9.78 Å². The molecule has 1 aromatic heterocycles. The highest BCUT2D eigenvalue weighted by atomic mass is 16.7. The molecular weight excluding hydrogens is 282 g/mol. The van der Waals surface area contributed by atoms with Gasteiger partial charge in [0.1, 0.15) is 0 Å². The zero-order valence-electron chi connectivity index (χ0n) is 12.6. The van der Waals surface area contributed by atoms with Crippen LogP contribution in [0.15, 0.2) is 31.1 Å². The number of hydrogen-bond acceptors (Lipinski definition) is 5. The van der Waals surface area contributed by atoms with Crippen LogP contribution in [0.25, 0.3) is 0 Å². The first-order chi connectivity index (χ1) is 10.7. The fourth-order valence-electron chi connectivity index (χ4n) is 2.88. The Bertz CT molecular complexity index is 545. The van der Waals surface area contributed by atoms with Gasteiger partial charge in [0, 0.05) is 38.7 Å². The molecule has 1 aromatic rings. The number of rotatable bonds is 4. The maximum atomic E-state index is 12.0. The van der Waals surface area contributed by atoms with Gasteiger partial charge < -0.3 is 19.7 Å². The van der Waals surface area contributed by atoms with Gasteiger partial charge in [0.25, 0.3) is 5.91 Å². The summed E-state index contributed by atoms with van der Waals surface area (Å²) in [5.74, 6) is -0.520. The zero-order valence-corrected chi connectivity index (χ0v) is 12.6. The predicted octanol–water partition coefficient (Wildman–Crippen LogP) is 1.34. The molecule has 22 heavy (non-hydrogen) atoms. The Morgan fingerprint density at radius 2 is 2.09 bits per heavy atom. The highest BCUT2D eigenvalue weighted by molar-refractivity contribution is 5.94. The zero-order chi connectivity index (χ0) is 15.4. The molecule has 0 unspecified atom stereocenters. The molecule has 2 aliphatic heterocycles. The van der Waals surface area contributed by atoms with Crippen molar-refractivity contribution in [2.75, 3.05) is 37.7 Å². The summed E-state index contributed by atoms with van der Waals surface area (Å²) in [5, 5.41) is 2.76. The summed E-state index contributed by atoms with van der Waals surface area (Å²) in [6.45, 7) is 7.07. The number of ether oxygens (including phenoxy) is 2. The second kappa shape index (κ2) is 6.46. The normalized spacial score (nSPS) is 20.1. The van der Waals surface area contributed by atoms with E-state index in [1.807, 2.05) is 6.07 Å². The van der Waals surface area contributed by atoms with Gasteiger partial charge in [-0.15, -0.1) is 6.58 Å². The van der Waals surface area contributed by atoms with Crippen molar-refractivity contribution in [3.05, 3.63) is 36.7 Å². The summed E-state index contributed by atoms with van der Waals surface area (Å²) in [6.07, 6.45) is 6.69. The summed E-state index contributed by atoms with van der Waals surface area (Å²) >= 11 is 0. The number of aromatic nitrogens is 1. The van der Waals surface area contributed by atoms with Crippen molar-refractivity contribution in [3.63, 3.8) is 0 Å². The Balaban J connectivity index is 1.65. The fraction of sp³-hybridized carbons (Fsp3) is 0.500. The van der Waals surface area contributed by atoms with E-state index in [1.54, 1.807) is 18.5 Å². The molecule has 3 rings (SSSR count). The van der Waals surface area contributed by atoms with E-state index in [-0.39, 0.29) is 11.7 Å². The van der Waals surface area contributed by atoms with Crippen LogP contribution in [0.2, 0.25) is 0 Å². The number of carbonyl (C=O) groups excluding carboxylic acids is 1. The van der Waals surface area contributed by atoms with Crippen LogP contribution in [-0.4, -0.2) is 49.5 Å². The van der Waals surface area contributed by atoms with Crippen LogP contribution in [0.4, 0.5) is 5.69 Å². The average Bonchev–Trinajstić information content (AvgIpc) is 3.01. The van der Waals surface area contributed by atoms with Crippen molar-refractivity contribution in [1.29, 1.82) is 0 Å². The molecular formula is C16H21N3O3. The van der Waals surface area contributed by atoms with Gasteiger partial charge in [-0.1, -0.05) is 6.08 Å². The summed E-state index contributed by atoms with van der Waals surface area (Å²) in [5.41, 5.74) is 1.52. The van der Waals surface area contributed by atoms with Crippen LogP contribution in [0.1, 0.15) is 23.2 Å². The van der Waals surface area contributed by atoms with Crippen molar-refractivity contribution in [2.24, 2.45) is 0 Å². The molecule has 2 fully saturated rings. The Hall–Kier alpha value is -1.92. The van der Waals surface area contributed by atoms with Gasteiger partial charge in [-0.2, -0.15) is 0 Å². The third kappa shape index (κ3) is 3.13. The summed E-state index contributed by atoms with van der Waals surface area (Å²) in [4.78, 5) is 18.4. The SMILES string of the molecule is C=CCNC(=O)c1cncc(N2CCC3(CC2)OCCO3)c1. The van der Waals surface area contributed by atoms with E-state index in [9.17, 15) is 4.79 Å². The van der Waals surface area contributed by atoms with E-state index in [4.69, 9.17) is 9.47 Å². The molecule has 0 atom stereocenters. The van der Waals surface area contributed by atoms with Crippen LogP contribution in [0.5, 0.6) is 0 Å². The molecule has 0 aromatic carbocycles. The number of nitrogens with one attached hydrogen (secondary N) is 1. The molecule has 0 aliphatic carbocycles. The summed E-state index contributed by atoms with van der Waals surface area (Å²) in [6, 6.07) is 1.87. The lowest BCUT2D eigenvalue weighted by Crippen LogP contribution is -2.45. The first-order valence-corrected chi connectivity index (χ1v) is 7.59. The minimum absolute atomic E-state index is 0.134. The summed E-state index contributed by atoms with van der Waals surface area (Å²) < 4.78 is 11.5. The molecule has 0 radical (unpaired) electrons. The quantitative estimate of drug-likeness (QED) is 0.851. The van der Waals surface area contributed by atoms with Gasteiger partial charge in [0.15, 0.2) is 5.79 Å². The second-order valence-electron chi connectivity index (χ2n) is 5.53. The van der Waals surface area contributed by atoms with Crippen molar-refractivity contribution in [2.45, 2.75) is 18.6 Å². The maximum Gasteiger partial charge on any atom is 0.253 e. The first-order valence-electron chi connectivity index (χ1n) is 7.59. The number of pyridine rings is 1. The van der Waals surface area contributed by atoms with Gasteiger partial charge >= 0.3 is 0 Å². The minimum atomic E-state index is -0.386. The van der Waals surface area contributed by atoms with Crippen molar-refractivity contribution < 1.29 is 14.3 Å². The lowest BCUT2D eigenvalue weighted by atomic mass is 10.0. The van der Waals surface area contributed by atoms with Crippen molar-refractivity contribution in [1.82, 2.24) is 10.3 Å². The number of carbonyl (C=O) groups is 1. The van der Waals surface area contributed by atoms with Crippen molar-refractivity contribution >= 4 is 11.6 Å². The molecule has 1 N–H and O–H groups in total. The Morgan fingerprint density at radius 1 is 1.36 bits per heavy atom. The Labute approximate surface area is 130 Å². The fourth-order valence-corrected chi connectivity index (χ4v) is 2.88. The number of amides is 1. The van der Waals surface area contributed by atoms with Gasteiger partial charge in [0.05, 0.1) is 30.7 Å². The standard InChI is InChI=1S/C16H21N3O3/c1-2-5-18-15(20)13-10-14(12-17-11-13)19-6-3-16(4-7-19)21-8-9-22-16/h2,10-12H,1,3-9H2,(H,18,20). The van der Waals surface area contributed by atoms with Crippen LogP contribution in [0.3, 0.4) is 0 Å². The maximum absolute atomic E-state index is 12.0. The van der Waals surface area contributed by atoms with E-state index in [0.29, 0.717) is 25.3 Å². The van der Waals surface area contributed by atoms with E-state index < -0.39 is 0 Å². The Kier molecular flexibility index (Phi) is 4.40. The number of nitrogens with zero attached hydrogens (tertiary/aromatic N) is 2. The van der Waals surface area contributed by atoms with E-state index in [2.05, 4.69) is 21.8 Å². The van der Waals surface area contributed by atoms with E-state index in [0.717, 1.165) is 31.6 Å². The molecule has 3 heterocycles. The molecule has 2 saturated heterocycles. The van der Waals surface area contributed by atoms with Crippen LogP contribution in [0, 0.1) is 0 Å². The topological polar surface area (TPSA) is 63.7 Å². The van der Waals surface area contributed by atoms with Gasteiger partial charge in [-0.05, 0) is 6.07 Å². The third-order valence-corrected chi connectivity index (χ3v) is 4.10. The number of anilines is 1. The molecule has 118 valence electrons. The molecule has 0 saturated carbocycles. The largest absolute Gasteiger partial charge is 0.370 e. The first kappa shape index (κ1) is 15.0. The van der Waals surface area contributed by atoms with Crippen molar-refractivity contribution in [3.8, 4) is 0 Å². The van der Waals surface area contributed by atoms with Crippen LogP contribution >= 0.6 is 0 Å². The lowest BCUT2D eigenvalue weighted by molar-refractivity contribution is -0.169. The lowest BCUT2D eigenvalue weighted by Gasteiger charge is -2.38. The third-order valence-electron chi connectivity index (χ3n) is 4.10. The monoisotopic (exact) mass is 303 g/mol. The van der Waals surface area contributed by atoms with E-state index in [1.165, 1.54) is 0 Å². The summed E-state index contributed by atoms with van der Waals surface area (Å²) in [7, 11) is 0. The second-order valence-corrected chi connectivity index (χ2v) is 5.53. The highest BCUT2D eigenvalue weighted by Crippen LogP contribution is 2.33. The Morgan fingerprint density at radius 3 is 2.77 bits per heavy atom. The minimum Gasteiger partial charge on any atom is -0.370 e. The van der Waals surface area contributed by atoms with Crippen LogP contribution in [-0.2, 0) is 9.47 Å². The molecule has 6 heteroatoms. The van der Waals surface area contributed by atoms with Gasteiger partial charge in [0.2, 0.25) is 0 Å². The molecule has 6 nitrogen and oxygen atoms in total. The smallest absolute Gasteiger partial charge is 0.253 e. The van der Waals surface area contributed by atoms with Gasteiger partial charge in [-0.25, -0.2) is 0 Å². The number of piperidine rings is 1. The molecule has 1 spiro atoms.